The fourth-order valence-electron chi connectivity index (χ4n) is 2.28. The Kier molecular flexibility index (Phi) is 6.75. The number of carboxylic acids is 1. The van der Waals surface area contributed by atoms with E-state index in [2.05, 4.69) is 15.5 Å². The van der Waals surface area contributed by atoms with Gasteiger partial charge in [-0.2, -0.15) is 13.5 Å². The first kappa shape index (κ1) is 21.8. The first-order chi connectivity index (χ1) is 14.2. The molecule has 2 N–H and O–H groups in total. The lowest BCUT2D eigenvalue weighted by Gasteiger charge is -2.07. The molecule has 156 valence electrons. The van der Waals surface area contributed by atoms with Gasteiger partial charge in [-0.1, -0.05) is 23.4 Å². The number of thioether (sulfide) groups is 1. The van der Waals surface area contributed by atoms with Crippen molar-refractivity contribution in [3.63, 3.8) is 0 Å². The maximum absolute atomic E-state index is 12.3. The van der Waals surface area contributed by atoms with Crippen molar-refractivity contribution in [2.75, 3.05) is 0 Å². The standard InChI is InChI=1S/C18H14ClN3O6S2/c19-12-3-7-14(8-4-12)30(26,27)28-13-5-1-11(2-6-13)10-20-22-18-21-17(25)15(29-18)9-16(23)24/h1-8,10,15H,9H2,(H,23,24)(H,21,22,25)/b20-10+. The van der Waals surface area contributed by atoms with Crippen LogP contribution in [0.25, 0.3) is 0 Å². The quantitative estimate of drug-likeness (QED) is 0.363. The molecule has 3 rings (SSSR count). The predicted molar refractivity (Wildman–Crippen MR) is 113 cm³/mol. The summed E-state index contributed by atoms with van der Waals surface area (Å²) < 4.78 is 29.6. The van der Waals surface area contributed by atoms with Crippen molar-refractivity contribution in [2.24, 2.45) is 10.2 Å². The van der Waals surface area contributed by atoms with Crippen molar-refractivity contribution in [1.82, 2.24) is 5.32 Å². The van der Waals surface area contributed by atoms with E-state index in [1.807, 2.05) is 0 Å². The number of hydrogen-bond donors (Lipinski definition) is 2. The summed E-state index contributed by atoms with van der Waals surface area (Å²) in [5.41, 5.74) is 0.604. The van der Waals surface area contributed by atoms with Gasteiger partial charge in [0, 0.05) is 5.02 Å². The van der Waals surface area contributed by atoms with E-state index in [-0.39, 0.29) is 22.2 Å². The number of rotatable bonds is 7. The normalized spacial score (nSPS) is 18.0. The Bertz CT molecular complexity index is 1120. The number of carbonyl (C=O) groups excluding carboxylic acids is 1. The molecule has 12 heteroatoms. The Morgan fingerprint density at radius 1 is 1.20 bits per heavy atom. The minimum atomic E-state index is -3.99. The number of aliphatic carboxylic acids is 1. The molecule has 0 spiro atoms. The highest BCUT2D eigenvalue weighted by atomic mass is 35.5. The number of carbonyl (C=O) groups is 2. The van der Waals surface area contributed by atoms with Gasteiger partial charge in [-0.25, -0.2) is 0 Å². The molecule has 1 saturated heterocycles. The summed E-state index contributed by atoms with van der Waals surface area (Å²) in [4.78, 5) is 22.3. The van der Waals surface area contributed by atoms with Crippen molar-refractivity contribution in [3.8, 4) is 5.75 Å². The number of benzene rings is 2. The third-order valence-electron chi connectivity index (χ3n) is 3.68. The van der Waals surface area contributed by atoms with Gasteiger partial charge >= 0.3 is 16.1 Å². The Balaban J connectivity index is 1.61. The Labute approximate surface area is 180 Å². The van der Waals surface area contributed by atoms with E-state index in [4.69, 9.17) is 20.9 Å². The zero-order valence-electron chi connectivity index (χ0n) is 15.1. The van der Waals surface area contributed by atoms with Crippen LogP contribution < -0.4 is 9.50 Å². The molecule has 1 fully saturated rings. The van der Waals surface area contributed by atoms with E-state index >= 15 is 0 Å². The molecule has 1 atom stereocenters. The van der Waals surface area contributed by atoms with Crippen LogP contribution in [0, 0.1) is 0 Å². The van der Waals surface area contributed by atoms with Crippen LogP contribution in [0.2, 0.25) is 5.02 Å². The molecule has 1 aliphatic rings. The topological polar surface area (TPSA) is 134 Å². The first-order valence-corrected chi connectivity index (χ1v) is 11.0. The zero-order valence-corrected chi connectivity index (χ0v) is 17.4. The van der Waals surface area contributed by atoms with E-state index in [1.165, 1.54) is 42.6 Å². The molecule has 9 nitrogen and oxygen atoms in total. The van der Waals surface area contributed by atoms with Crippen molar-refractivity contribution in [2.45, 2.75) is 16.6 Å². The highest BCUT2D eigenvalue weighted by Gasteiger charge is 2.32. The Hall–Kier alpha value is -2.89. The largest absolute Gasteiger partial charge is 0.481 e. The van der Waals surface area contributed by atoms with Crippen LogP contribution in [0.3, 0.4) is 0 Å². The molecule has 0 aliphatic carbocycles. The first-order valence-electron chi connectivity index (χ1n) is 8.33. The molecule has 0 bridgehead atoms. The molecule has 1 heterocycles. The summed E-state index contributed by atoms with van der Waals surface area (Å²) in [5, 5.41) is 18.8. The predicted octanol–water partition coefficient (Wildman–Crippen LogP) is 2.50. The molecule has 1 unspecified atom stereocenters. The van der Waals surface area contributed by atoms with Crippen LogP contribution in [0.4, 0.5) is 0 Å². The van der Waals surface area contributed by atoms with Crippen molar-refractivity contribution < 1.29 is 27.3 Å². The van der Waals surface area contributed by atoms with Crippen LogP contribution in [-0.2, 0) is 19.7 Å². The molecule has 2 aromatic carbocycles. The summed E-state index contributed by atoms with van der Waals surface area (Å²) in [5.74, 6) is -1.39. The molecule has 0 radical (unpaired) electrons. The van der Waals surface area contributed by atoms with Crippen LogP contribution in [0.15, 0.2) is 63.6 Å². The third kappa shape index (κ3) is 5.81. The monoisotopic (exact) mass is 467 g/mol. The summed E-state index contributed by atoms with van der Waals surface area (Å²) >= 11 is 6.74. The van der Waals surface area contributed by atoms with Gasteiger partial charge in [0.25, 0.3) is 0 Å². The second-order valence-electron chi connectivity index (χ2n) is 5.90. The van der Waals surface area contributed by atoms with Gasteiger partial charge in [-0.3, -0.25) is 9.59 Å². The van der Waals surface area contributed by atoms with Gasteiger partial charge in [0.2, 0.25) is 5.91 Å². The highest BCUT2D eigenvalue weighted by Crippen LogP contribution is 2.23. The van der Waals surface area contributed by atoms with E-state index in [1.54, 1.807) is 12.1 Å². The summed E-state index contributed by atoms with van der Waals surface area (Å²) in [6.07, 6.45) is 1.08. The van der Waals surface area contributed by atoms with E-state index in [0.29, 0.717) is 10.6 Å². The SMILES string of the molecule is O=C(O)CC1S/C(=N/N=C/c2ccc(OS(=O)(=O)c3ccc(Cl)cc3)cc2)NC1=O. The second-order valence-corrected chi connectivity index (χ2v) is 9.08. The number of nitrogens with zero attached hydrogens (tertiary/aromatic N) is 2. The van der Waals surface area contributed by atoms with Crippen molar-refractivity contribution in [1.29, 1.82) is 0 Å². The fourth-order valence-corrected chi connectivity index (χ4v) is 4.25. The van der Waals surface area contributed by atoms with Gasteiger partial charge < -0.3 is 14.6 Å². The van der Waals surface area contributed by atoms with Gasteiger partial charge in [0.15, 0.2) is 5.17 Å². The van der Waals surface area contributed by atoms with Gasteiger partial charge in [-0.15, -0.1) is 5.10 Å². The van der Waals surface area contributed by atoms with Crippen LogP contribution in [-0.4, -0.2) is 42.0 Å². The average molecular weight is 468 g/mol. The molecular weight excluding hydrogens is 454 g/mol. The number of hydrogen-bond acceptors (Lipinski definition) is 8. The number of amides is 1. The molecule has 1 amide bonds. The van der Waals surface area contributed by atoms with Crippen LogP contribution in [0.1, 0.15) is 12.0 Å². The molecule has 2 aromatic rings. The number of nitrogens with one attached hydrogen (secondary N) is 1. The lowest BCUT2D eigenvalue weighted by atomic mass is 10.2. The Morgan fingerprint density at radius 2 is 1.87 bits per heavy atom. The highest BCUT2D eigenvalue weighted by molar-refractivity contribution is 8.15. The van der Waals surface area contributed by atoms with E-state index in [0.717, 1.165) is 11.8 Å². The summed E-state index contributed by atoms with van der Waals surface area (Å²) in [7, 11) is -3.99. The molecule has 0 aromatic heterocycles. The smallest absolute Gasteiger partial charge is 0.339 e. The molecule has 30 heavy (non-hydrogen) atoms. The molecule has 1 aliphatic heterocycles. The third-order valence-corrected chi connectivity index (χ3v) is 6.27. The fraction of sp³-hybridized carbons (Fsp3) is 0.111. The number of carboxylic acid groups (broad SMARTS) is 1. The maximum Gasteiger partial charge on any atom is 0.339 e. The second kappa shape index (κ2) is 9.28. The van der Waals surface area contributed by atoms with Crippen molar-refractivity contribution in [3.05, 3.63) is 59.1 Å². The molecule has 0 saturated carbocycles. The maximum atomic E-state index is 12.3. The van der Waals surface area contributed by atoms with E-state index in [9.17, 15) is 18.0 Å². The Morgan fingerprint density at radius 3 is 2.50 bits per heavy atom. The van der Waals surface area contributed by atoms with Gasteiger partial charge in [-0.05, 0) is 54.1 Å². The zero-order chi connectivity index (χ0) is 21.7. The minimum absolute atomic E-state index is 0.0225. The van der Waals surface area contributed by atoms with Crippen molar-refractivity contribution >= 4 is 56.7 Å². The lowest BCUT2D eigenvalue weighted by Crippen LogP contribution is -2.26. The average Bonchev–Trinajstić information content (AvgIpc) is 3.02. The van der Waals surface area contributed by atoms with Gasteiger partial charge in [0.05, 0.1) is 12.6 Å². The summed E-state index contributed by atoms with van der Waals surface area (Å²) in [6.45, 7) is 0. The number of amidine groups is 1. The van der Waals surface area contributed by atoms with Gasteiger partial charge in [0.1, 0.15) is 15.9 Å². The van der Waals surface area contributed by atoms with E-state index < -0.39 is 27.2 Å². The minimum Gasteiger partial charge on any atom is -0.481 e. The summed E-state index contributed by atoms with van der Waals surface area (Å²) in [6, 6.07) is 11.7. The number of halogens is 1. The lowest BCUT2D eigenvalue weighted by molar-refractivity contribution is -0.138. The van der Waals surface area contributed by atoms with Crippen LogP contribution in [0.5, 0.6) is 5.75 Å². The van der Waals surface area contributed by atoms with Crippen LogP contribution >= 0.6 is 23.4 Å². The molecular formula is C18H14ClN3O6S2.